The number of aliphatic imine (C=N–C) groups is 1. The predicted octanol–water partition coefficient (Wildman–Crippen LogP) is 7.38. The van der Waals surface area contributed by atoms with Crippen molar-refractivity contribution in [2.24, 2.45) is 4.99 Å². The van der Waals surface area contributed by atoms with E-state index in [9.17, 15) is 0 Å². The number of amidine groups is 1. The molecule has 0 aliphatic carbocycles. The number of para-hydroxylation sites is 1. The Bertz CT molecular complexity index is 1460. The van der Waals surface area contributed by atoms with E-state index in [4.69, 9.17) is 9.98 Å². The van der Waals surface area contributed by atoms with Crippen LogP contribution in [-0.2, 0) is 0 Å². The average Bonchev–Trinajstić information content (AvgIpc) is 3.42. The highest BCUT2D eigenvalue weighted by molar-refractivity contribution is 7.19. The lowest BCUT2D eigenvalue weighted by Crippen LogP contribution is -2.49. The molecule has 0 bridgehead atoms. The van der Waals surface area contributed by atoms with Crippen molar-refractivity contribution in [3.8, 4) is 21.8 Å². The highest BCUT2D eigenvalue weighted by Gasteiger charge is 2.23. The van der Waals surface area contributed by atoms with Gasteiger partial charge in [0.25, 0.3) is 0 Å². The fourth-order valence-electron chi connectivity index (χ4n) is 4.69. The van der Waals surface area contributed by atoms with Crippen LogP contribution in [0.25, 0.3) is 21.8 Å². The van der Waals surface area contributed by atoms with Gasteiger partial charge in [-0.3, -0.25) is 0 Å². The number of piperazine rings is 1. The molecule has 6 rings (SSSR count). The SMILES string of the molecule is c1ccc(C(=Nc2sc(-c3ccccc3)nc2-c2ccccc2)N2CCN(c3ccccc3)CC2)cc1. The predicted molar refractivity (Wildman–Crippen MR) is 156 cm³/mol. The molecule has 1 saturated heterocycles. The summed E-state index contributed by atoms with van der Waals surface area (Å²) in [5, 5.41) is 1.92. The van der Waals surface area contributed by atoms with E-state index in [1.165, 1.54) is 5.69 Å². The summed E-state index contributed by atoms with van der Waals surface area (Å²) in [6, 6.07) is 42.0. The summed E-state index contributed by atoms with van der Waals surface area (Å²) in [4.78, 5) is 15.3. The van der Waals surface area contributed by atoms with Gasteiger partial charge >= 0.3 is 0 Å². The minimum absolute atomic E-state index is 0.910. The van der Waals surface area contributed by atoms with Crippen molar-refractivity contribution < 1.29 is 0 Å². The Labute approximate surface area is 222 Å². The molecule has 0 radical (unpaired) electrons. The van der Waals surface area contributed by atoms with E-state index in [0.29, 0.717) is 0 Å². The number of rotatable bonds is 5. The highest BCUT2D eigenvalue weighted by atomic mass is 32.1. The Morgan fingerprint density at radius 1 is 0.622 bits per heavy atom. The average molecular weight is 501 g/mol. The van der Waals surface area contributed by atoms with E-state index in [-0.39, 0.29) is 0 Å². The molecule has 4 nitrogen and oxygen atoms in total. The Morgan fingerprint density at radius 3 is 1.78 bits per heavy atom. The fourth-order valence-corrected chi connectivity index (χ4v) is 5.66. The summed E-state index contributed by atoms with van der Waals surface area (Å²) in [5.74, 6) is 1.01. The fraction of sp³-hybridized carbons (Fsp3) is 0.125. The molecule has 0 unspecified atom stereocenters. The summed E-state index contributed by atoms with van der Waals surface area (Å²) in [6.07, 6.45) is 0. The van der Waals surface area contributed by atoms with Crippen LogP contribution in [0.15, 0.2) is 126 Å². The lowest BCUT2D eigenvalue weighted by molar-refractivity contribution is 0.386. The van der Waals surface area contributed by atoms with Gasteiger partial charge in [-0.2, -0.15) is 0 Å². The van der Waals surface area contributed by atoms with Crippen LogP contribution in [0, 0.1) is 0 Å². The van der Waals surface area contributed by atoms with Crippen LogP contribution in [0.5, 0.6) is 0 Å². The lowest BCUT2D eigenvalue weighted by atomic mass is 10.1. The van der Waals surface area contributed by atoms with Gasteiger partial charge in [0.1, 0.15) is 21.5 Å². The van der Waals surface area contributed by atoms with Crippen molar-refractivity contribution in [3.05, 3.63) is 127 Å². The van der Waals surface area contributed by atoms with Crippen LogP contribution in [0.3, 0.4) is 0 Å². The van der Waals surface area contributed by atoms with Crippen molar-refractivity contribution in [3.63, 3.8) is 0 Å². The maximum atomic E-state index is 5.35. The van der Waals surface area contributed by atoms with Gasteiger partial charge in [-0.05, 0) is 12.1 Å². The zero-order valence-electron chi connectivity index (χ0n) is 20.6. The van der Waals surface area contributed by atoms with Gasteiger partial charge in [0.2, 0.25) is 0 Å². The van der Waals surface area contributed by atoms with E-state index >= 15 is 0 Å². The van der Waals surface area contributed by atoms with E-state index in [1.54, 1.807) is 11.3 Å². The van der Waals surface area contributed by atoms with Crippen LogP contribution in [0.4, 0.5) is 10.7 Å². The highest BCUT2D eigenvalue weighted by Crippen LogP contribution is 2.40. The number of aromatic nitrogens is 1. The number of anilines is 1. The summed E-state index contributed by atoms with van der Waals surface area (Å²) in [5.41, 5.74) is 5.54. The van der Waals surface area contributed by atoms with Crippen molar-refractivity contribution in [2.75, 3.05) is 31.1 Å². The van der Waals surface area contributed by atoms with E-state index in [1.807, 2.05) is 12.1 Å². The smallest absolute Gasteiger partial charge is 0.146 e. The first-order chi connectivity index (χ1) is 18.3. The quantitative estimate of drug-likeness (QED) is 0.186. The van der Waals surface area contributed by atoms with Gasteiger partial charge in [-0.1, -0.05) is 121 Å². The molecule has 1 fully saturated rings. The molecule has 5 heteroatoms. The Hall–Kier alpha value is -4.22. The van der Waals surface area contributed by atoms with Crippen molar-refractivity contribution >= 4 is 27.9 Å². The second-order valence-electron chi connectivity index (χ2n) is 9.02. The molecular formula is C32H28N4S. The van der Waals surface area contributed by atoms with Crippen LogP contribution in [0.2, 0.25) is 0 Å². The third-order valence-electron chi connectivity index (χ3n) is 6.62. The molecule has 1 aliphatic heterocycles. The summed E-state index contributed by atoms with van der Waals surface area (Å²) >= 11 is 1.66. The van der Waals surface area contributed by atoms with Crippen molar-refractivity contribution in [1.82, 2.24) is 9.88 Å². The van der Waals surface area contributed by atoms with Gasteiger partial charge in [0.05, 0.1) is 0 Å². The van der Waals surface area contributed by atoms with E-state index in [0.717, 1.165) is 64.4 Å². The van der Waals surface area contributed by atoms with Crippen LogP contribution < -0.4 is 4.90 Å². The largest absolute Gasteiger partial charge is 0.368 e. The third kappa shape index (κ3) is 5.18. The van der Waals surface area contributed by atoms with Crippen LogP contribution >= 0.6 is 11.3 Å². The maximum Gasteiger partial charge on any atom is 0.146 e. The first-order valence-corrected chi connectivity index (χ1v) is 13.5. The minimum Gasteiger partial charge on any atom is -0.368 e. The minimum atomic E-state index is 0.910. The second kappa shape index (κ2) is 10.8. The van der Waals surface area contributed by atoms with Gasteiger partial charge in [0.15, 0.2) is 0 Å². The standard InChI is InChI=1S/C32H28N4S/c1-5-13-25(14-6-1)29-32(37-31(33-29)27-17-9-3-10-18-27)34-30(26-15-7-2-8-16-26)36-23-21-35(22-24-36)28-19-11-4-12-20-28/h1-20H,21-24H2. The summed E-state index contributed by atoms with van der Waals surface area (Å²) in [6.45, 7) is 3.74. The molecule has 2 heterocycles. The normalized spacial score (nSPS) is 14.1. The number of benzene rings is 4. The van der Waals surface area contributed by atoms with E-state index < -0.39 is 0 Å². The molecule has 0 amide bonds. The summed E-state index contributed by atoms with van der Waals surface area (Å²) < 4.78 is 0. The first kappa shape index (κ1) is 23.2. The second-order valence-corrected chi connectivity index (χ2v) is 9.99. The molecule has 1 aromatic heterocycles. The molecule has 182 valence electrons. The zero-order chi connectivity index (χ0) is 24.9. The number of nitrogens with zero attached hydrogens (tertiary/aromatic N) is 4. The third-order valence-corrected chi connectivity index (χ3v) is 7.62. The molecule has 0 spiro atoms. The van der Waals surface area contributed by atoms with E-state index in [2.05, 4.69) is 119 Å². The van der Waals surface area contributed by atoms with Gasteiger partial charge in [0, 0.05) is 48.6 Å². The molecule has 4 aromatic carbocycles. The molecule has 1 aliphatic rings. The maximum absolute atomic E-state index is 5.35. The first-order valence-electron chi connectivity index (χ1n) is 12.7. The van der Waals surface area contributed by atoms with Crippen LogP contribution in [0.1, 0.15) is 5.56 Å². The van der Waals surface area contributed by atoms with Crippen molar-refractivity contribution in [2.45, 2.75) is 0 Å². The zero-order valence-corrected chi connectivity index (χ0v) is 21.4. The molecule has 0 saturated carbocycles. The number of hydrogen-bond acceptors (Lipinski definition) is 4. The molecule has 37 heavy (non-hydrogen) atoms. The Kier molecular flexibility index (Phi) is 6.78. The van der Waals surface area contributed by atoms with Gasteiger partial charge in [-0.25, -0.2) is 9.98 Å². The Balaban J connectivity index is 1.40. The topological polar surface area (TPSA) is 31.7 Å². The number of thiazole rings is 1. The number of hydrogen-bond donors (Lipinski definition) is 0. The Morgan fingerprint density at radius 2 is 1.16 bits per heavy atom. The lowest BCUT2D eigenvalue weighted by Gasteiger charge is -2.37. The van der Waals surface area contributed by atoms with Crippen molar-refractivity contribution in [1.29, 1.82) is 0 Å². The molecular weight excluding hydrogens is 472 g/mol. The molecule has 5 aromatic rings. The molecule has 0 N–H and O–H groups in total. The summed E-state index contributed by atoms with van der Waals surface area (Å²) in [7, 11) is 0. The van der Waals surface area contributed by atoms with Gasteiger partial charge < -0.3 is 9.80 Å². The van der Waals surface area contributed by atoms with Crippen LogP contribution in [-0.4, -0.2) is 41.9 Å². The molecule has 0 atom stereocenters. The van der Waals surface area contributed by atoms with Gasteiger partial charge in [-0.15, -0.1) is 0 Å². The monoisotopic (exact) mass is 500 g/mol.